The van der Waals surface area contributed by atoms with Gasteiger partial charge in [-0.05, 0) is 36.2 Å². The molecule has 4 rings (SSSR count). The van der Waals surface area contributed by atoms with Gasteiger partial charge in [0.2, 0.25) is 0 Å². The lowest BCUT2D eigenvalue weighted by atomic mass is 9.92. The zero-order chi connectivity index (χ0) is 23.5. The normalized spacial score (nSPS) is 15.7. The zero-order valence-corrected chi connectivity index (χ0v) is 18.3. The third kappa shape index (κ3) is 4.20. The van der Waals surface area contributed by atoms with Gasteiger partial charge in [-0.1, -0.05) is 19.1 Å². The van der Waals surface area contributed by atoms with E-state index in [4.69, 9.17) is 4.74 Å². The third-order valence-corrected chi connectivity index (χ3v) is 5.83. The Labute approximate surface area is 192 Å². The predicted octanol–water partition coefficient (Wildman–Crippen LogP) is 4.62. The van der Waals surface area contributed by atoms with Gasteiger partial charge in [0.1, 0.15) is 5.75 Å². The highest BCUT2D eigenvalue weighted by molar-refractivity contribution is 7.13. The summed E-state index contributed by atoms with van der Waals surface area (Å²) in [7, 11) is 0. The molecule has 0 fully saturated rings. The van der Waals surface area contributed by atoms with Gasteiger partial charge in [0.05, 0.1) is 23.1 Å². The van der Waals surface area contributed by atoms with E-state index in [2.05, 4.69) is 4.98 Å². The molecule has 0 saturated carbocycles. The van der Waals surface area contributed by atoms with Gasteiger partial charge >= 0.3 is 0 Å². The number of anilines is 1. The first-order valence-corrected chi connectivity index (χ1v) is 11.0. The fraction of sp³-hybridized carbons (Fsp3) is 0.174. The maximum atomic E-state index is 13.5. The minimum Gasteiger partial charge on any atom is -0.503 e. The molecule has 33 heavy (non-hydrogen) atoms. The van der Waals surface area contributed by atoms with E-state index < -0.39 is 28.4 Å². The van der Waals surface area contributed by atoms with E-state index in [0.717, 1.165) is 17.8 Å². The summed E-state index contributed by atoms with van der Waals surface area (Å²) in [4.78, 5) is 42.6. The molecule has 0 bridgehead atoms. The Morgan fingerprint density at radius 2 is 2.03 bits per heavy atom. The van der Waals surface area contributed by atoms with E-state index in [1.807, 2.05) is 6.92 Å². The SMILES string of the molecule is CCCOc1ccc(C(=O)C2=C(O)C(=O)N(c3nccs3)C2c2cccc([N+](=O)[O-])c2)cc1. The number of Topliss-reactive ketones (excluding diaryl/α,β-unsaturated/α-hetero) is 1. The number of ether oxygens (including phenoxy) is 1. The maximum Gasteiger partial charge on any atom is 0.296 e. The Balaban J connectivity index is 1.79. The van der Waals surface area contributed by atoms with E-state index in [9.17, 15) is 24.8 Å². The molecule has 0 spiro atoms. The second-order valence-electron chi connectivity index (χ2n) is 7.21. The molecule has 0 saturated heterocycles. The topological polar surface area (TPSA) is 123 Å². The van der Waals surface area contributed by atoms with Gasteiger partial charge in [-0.25, -0.2) is 4.98 Å². The highest BCUT2D eigenvalue weighted by atomic mass is 32.1. The number of hydrogen-bond donors (Lipinski definition) is 1. The Morgan fingerprint density at radius 3 is 2.67 bits per heavy atom. The first-order chi connectivity index (χ1) is 15.9. The van der Waals surface area contributed by atoms with E-state index in [0.29, 0.717) is 17.9 Å². The smallest absolute Gasteiger partial charge is 0.296 e. The summed E-state index contributed by atoms with van der Waals surface area (Å²) in [5.74, 6) is -1.49. The summed E-state index contributed by atoms with van der Waals surface area (Å²) in [5.41, 5.74) is 0.181. The molecule has 1 aliphatic rings. The van der Waals surface area contributed by atoms with Crippen LogP contribution in [0.15, 0.2) is 71.4 Å². The third-order valence-electron chi connectivity index (χ3n) is 5.06. The lowest BCUT2D eigenvalue weighted by Crippen LogP contribution is -2.31. The van der Waals surface area contributed by atoms with Crippen molar-refractivity contribution in [2.75, 3.05) is 11.5 Å². The molecule has 1 atom stereocenters. The molecule has 1 aliphatic heterocycles. The number of rotatable bonds is 8. The zero-order valence-electron chi connectivity index (χ0n) is 17.5. The highest BCUT2D eigenvalue weighted by Gasteiger charge is 2.46. The number of aliphatic hydroxyl groups is 1. The monoisotopic (exact) mass is 465 g/mol. The lowest BCUT2D eigenvalue weighted by Gasteiger charge is -2.24. The van der Waals surface area contributed by atoms with Crippen LogP contribution in [0.5, 0.6) is 5.75 Å². The van der Waals surface area contributed by atoms with Crippen molar-refractivity contribution in [3.8, 4) is 5.75 Å². The summed E-state index contributed by atoms with van der Waals surface area (Å²) in [5, 5.41) is 24.0. The number of aromatic nitrogens is 1. The van der Waals surface area contributed by atoms with Crippen LogP contribution in [0, 0.1) is 10.1 Å². The van der Waals surface area contributed by atoms with Crippen molar-refractivity contribution in [2.24, 2.45) is 0 Å². The van der Waals surface area contributed by atoms with Gasteiger partial charge in [0.15, 0.2) is 16.7 Å². The van der Waals surface area contributed by atoms with Gasteiger partial charge < -0.3 is 9.84 Å². The molecule has 3 aromatic rings. The van der Waals surface area contributed by atoms with Crippen LogP contribution < -0.4 is 9.64 Å². The summed E-state index contributed by atoms with van der Waals surface area (Å²) in [6, 6.07) is 10.9. The van der Waals surface area contributed by atoms with Crippen LogP contribution in [-0.2, 0) is 4.79 Å². The van der Waals surface area contributed by atoms with Gasteiger partial charge in [0.25, 0.3) is 11.6 Å². The molecule has 1 unspecified atom stereocenters. The van der Waals surface area contributed by atoms with Crippen LogP contribution in [0.2, 0.25) is 0 Å². The highest BCUT2D eigenvalue weighted by Crippen LogP contribution is 2.43. The summed E-state index contributed by atoms with van der Waals surface area (Å²) >= 11 is 1.15. The molecule has 10 heteroatoms. The molecule has 2 heterocycles. The lowest BCUT2D eigenvalue weighted by molar-refractivity contribution is -0.384. The molecule has 0 radical (unpaired) electrons. The molecule has 1 N–H and O–H groups in total. The largest absolute Gasteiger partial charge is 0.503 e. The van der Waals surface area contributed by atoms with Crippen molar-refractivity contribution < 1.29 is 24.4 Å². The van der Waals surface area contributed by atoms with E-state index in [1.165, 1.54) is 29.3 Å². The van der Waals surface area contributed by atoms with Crippen molar-refractivity contribution >= 4 is 33.8 Å². The molecule has 9 nitrogen and oxygen atoms in total. The molecular weight excluding hydrogens is 446 g/mol. The van der Waals surface area contributed by atoms with Gasteiger partial charge in [-0.2, -0.15) is 0 Å². The van der Waals surface area contributed by atoms with Crippen LogP contribution in [0.25, 0.3) is 0 Å². The Kier molecular flexibility index (Phi) is 6.18. The van der Waals surface area contributed by atoms with Crippen LogP contribution in [0.3, 0.4) is 0 Å². The molecule has 168 valence electrons. The number of ketones is 1. The minimum absolute atomic E-state index is 0.169. The van der Waals surface area contributed by atoms with E-state index in [-0.39, 0.29) is 22.0 Å². The number of nitro groups is 1. The maximum absolute atomic E-state index is 13.5. The second-order valence-corrected chi connectivity index (χ2v) is 8.08. The standard InChI is InChI=1S/C23H19N3O6S/c1-2-11-32-17-8-6-14(7-9-17)20(27)18-19(15-4-3-5-16(13-15)26(30)31)25(22(29)21(18)28)23-24-10-12-33-23/h3-10,12-13,19,28H,2,11H2,1H3. The number of hydrogen-bond acceptors (Lipinski definition) is 8. The Bertz CT molecular complexity index is 1240. The van der Waals surface area contributed by atoms with Gasteiger partial charge in [0, 0.05) is 29.3 Å². The van der Waals surface area contributed by atoms with Crippen molar-refractivity contribution in [3.63, 3.8) is 0 Å². The number of nitrogens with zero attached hydrogens (tertiary/aromatic N) is 3. The van der Waals surface area contributed by atoms with Gasteiger partial charge in [-0.3, -0.25) is 24.6 Å². The van der Waals surface area contributed by atoms with Crippen LogP contribution in [0.4, 0.5) is 10.8 Å². The summed E-state index contributed by atoms with van der Waals surface area (Å²) in [6.07, 6.45) is 2.32. The fourth-order valence-corrected chi connectivity index (χ4v) is 4.24. The first-order valence-electron chi connectivity index (χ1n) is 10.1. The average Bonchev–Trinajstić information content (AvgIpc) is 3.44. The average molecular weight is 465 g/mol. The second kappa shape index (κ2) is 9.21. The van der Waals surface area contributed by atoms with Crippen LogP contribution >= 0.6 is 11.3 Å². The van der Waals surface area contributed by atoms with Crippen molar-refractivity contribution in [2.45, 2.75) is 19.4 Å². The number of amides is 1. The van der Waals surface area contributed by atoms with Crippen LogP contribution in [0.1, 0.15) is 35.3 Å². The van der Waals surface area contributed by atoms with Crippen molar-refractivity contribution in [1.82, 2.24) is 4.98 Å². The fourth-order valence-electron chi connectivity index (χ4n) is 3.57. The quantitative estimate of drug-likeness (QED) is 0.292. The number of thiazole rings is 1. The minimum atomic E-state index is -1.08. The van der Waals surface area contributed by atoms with E-state index >= 15 is 0 Å². The summed E-state index contributed by atoms with van der Waals surface area (Å²) in [6.45, 7) is 2.51. The van der Waals surface area contributed by atoms with Gasteiger partial charge in [-0.15, -0.1) is 11.3 Å². The number of carbonyl (C=O) groups is 2. The molecule has 2 aromatic carbocycles. The number of carbonyl (C=O) groups excluding carboxylic acids is 2. The molecular formula is C23H19N3O6S. The Hall–Kier alpha value is -4.05. The van der Waals surface area contributed by atoms with E-state index in [1.54, 1.807) is 35.7 Å². The number of benzene rings is 2. The van der Waals surface area contributed by atoms with Crippen molar-refractivity contribution in [3.05, 3.63) is 92.7 Å². The Morgan fingerprint density at radius 1 is 1.27 bits per heavy atom. The molecule has 1 amide bonds. The number of non-ortho nitro benzene ring substituents is 1. The first kappa shape index (κ1) is 22.2. The number of aliphatic hydroxyl groups excluding tert-OH is 1. The number of nitro benzene ring substituents is 1. The van der Waals surface area contributed by atoms with Crippen molar-refractivity contribution in [1.29, 1.82) is 0 Å². The summed E-state index contributed by atoms with van der Waals surface area (Å²) < 4.78 is 5.54. The molecule has 0 aliphatic carbocycles. The van der Waals surface area contributed by atoms with Crippen LogP contribution in [-0.4, -0.2) is 33.3 Å². The predicted molar refractivity (Wildman–Crippen MR) is 122 cm³/mol. The molecule has 1 aromatic heterocycles.